The van der Waals surface area contributed by atoms with E-state index in [-0.39, 0.29) is 119 Å². The first-order valence-corrected chi connectivity index (χ1v) is 0.842. The molecule has 0 bridgehead atoms. The van der Waals surface area contributed by atoms with E-state index in [0.29, 0.717) is 0 Å². The molecule has 0 aromatic carbocycles. The van der Waals surface area contributed by atoms with Gasteiger partial charge in [0.1, 0.15) is 0 Å². The molecule has 0 aliphatic rings. The molecule has 5 heteroatoms. The summed E-state index contributed by atoms with van der Waals surface area (Å²) in [6.45, 7) is 0. The van der Waals surface area contributed by atoms with Gasteiger partial charge in [-0.15, -0.1) is 0 Å². The van der Waals surface area contributed by atoms with Crippen LogP contribution in [0.2, 0.25) is 0 Å². The number of hydrogen-bond acceptors (Lipinski definition) is 1. The summed E-state index contributed by atoms with van der Waals surface area (Å²) in [5.74, 6) is 0. The van der Waals surface area contributed by atoms with Crippen LogP contribution in [0, 0.1) is 35.6 Å². The molecule has 0 amide bonds. The second-order valence-electron chi connectivity index (χ2n) is 0. The predicted molar refractivity (Wildman–Crippen MR) is 17.8 cm³/mol. The van der Waals surface area contributed by atoms with Crippen molar-refractivity contribution in [1.29, 1.82) is 0 Å². The molecule has 0 aromatic rings. The summed E-state index contributed by atoms with van der Waals surface area (Å²) in [6, 6.07) is 0. The van der Waals surface area contributed by atoms with E-state index < -0.39 is 0 Å². The van der Waals surface area contributed by atoms with Gasteiger partial charge in [-0.3, -0.25) is 0 Å². The van der Waals surface area contributed by atoms with Gasteiger partial charge >= 0.3 is 107 Å². The zero-order chi connectivity index (χ0) is 2.00. The third kappa shape index (κ3) is 17.8. The van der Waals surface area contributed by atoms with Crippen LogP contribution in [0.5, 0.6) is 0 Å². The van der Waals surface area contributed by atoms with E-state index in [4.69, 9.17) is 3.32 Å². The summed E-state index contributed by atoms with van der Waals surface area (Å²) in [6.07, 6.45) is 0. The fraction of sp³-hybridized carbons (Fsp3) is 0. The van der Waals surface area contributed by atoms with Crippen LogP contribution in [-0.4, -0.2) is 83.2 Å². The maximum absolute atomic E-state index is 8.25. The molecule has 0 spiro atoms. The van der Waals surface area contributed by atoms with Crippen LogP contribution < -0.4 is 0 Å². The van der Waals surface area contributed by atoms with Crippen LogP contribution in [-0.2, 0) is 23.7 Å². The molecule has 1 nitrogen and oxygen atoms in total. The van der Waals surface area contributed by atoms with Crippen LogP contribution in [0.25, 0.3) is 0 Å². The first kappa shape index (κ1) is 22.7. The van der Waals surface area contributed by atoms with Gasteiger partial charge in [0.2, 0.25) is 0 Å². The van der Waals surface area contributed by atoms with Crippen LogP contribution in [0.3, 0.4) is 0 Å². The van der Waals surface area contributed by atoms with E-state index in [2.05, 4.69) is 0 Å². The van der Waals surface area contributed by atoms with Crippen molar-refractivity contribution >= 4 is 83.2 Å². The Kier molecular flexibility index (Phi) is 108. The van der Waals surface area contributed by atoms with Crippen molar-refractivity contribution in [2.45, 2.75) is 0 Å². The molecule has 1 radical (unpaired) electrons. The Balaban J connectivity index is -0.00000000167. The van der Waals surface area contributed by atoms with Gasteiger partial charge in [-0.1, -0.05) is 0 Å². The summed E-state index contributed by atoms with van der Waals surface area (Å²) in [4.78, 5) is 0. The first-order valence-electron chi connectivity index (χ1n) is 0.204. The quantitative estimate of drug-likeness (QED) is 0.471. The Morgan fingerprint density at radius 3 is 1.20 bits per heavy atom. The fourth-order valence-electron chi connectivity index (χ4n) is 0. The van der Waals surface area contributed by atoms with Crippen molar-refractivity contribution in [2.24, 2.45) is 0 Å². The van der Waals surface area contributed by atoms with Crippen molar-refractivity contribution in [3.8, 4) is 0 Å². The van der Waals surface area contributed by atoms with E-state index in [1.807, 2.05) is 0 Å². The van der Waals surface area contributed by atoms with E-state index >= 15 is 0 Å². The Labute approximate surface area is 138 Å². The molecule has 21 valence electrons. The molecular weight excluding hydrogens is 330 g/mol. The molecule has 0 aliphatic heterocycles. The minimum atomic E-state index is 0. The third-order valence-electron chi connectivity index (χ3n) is 0. The third-order valence-corrected chi connectivity index (χ3v) is 0. The molecule has 0 saturated heterocycles. The van der Waals surface area contributed by atoms with Gasteiger partial charge in [-0.05, 0) is 0 Å². The summed E-state index contributed by atoms with van der Waals surface area (Å²) in [5, 5.41) is 0. The van der Waals surface area contributed by atoms with Crippen LogP contribution in [0.15, 0.2) is 0 Å². The Hall–Kier alpha value is 4.45. The van der Waals surface area contributed by atoms with Crippen LogP contribution >= 0.6 is 0 Å². The fourth-order valence-corrected chi connectivity index (χ4v) is 0. The van der Waals surface area contributed by atoms with Gasteiger partial charge in [0.05, 0.1) is 0 Å². The zero-order valence-corrected chi connectivity index (χ0v) is 6.67. The van der Waals surface area contributed by atoms with Gasteiger partial charge in [0.25, 0.3) is 0 Å². The van der Waals surface area contributed by atoms with Crippen molar-refractivity contribution in [1.82, 2.24) is 0 Å². The molecule has 0 fully saturated rings. The standard InChI is InChI=1S/Ca.La.O.Sr.Ti.4H. The molecule has 5 heavy (non-hydrogen) atoms. The molecular formula is H4CaLaOSrTi. The topological polar surface area (TPSA) is 17.1 Å². The molecule has 0 unspecified atom stereocenters. The second kappa shape index (κ2) is 23.7. The normalized spacial score (nSPS) is 0.600. The average Bonchev–Trinajstić information content (AvgIpc) is 1.00. The van der Waals surface area contributed by atoms with Crippen molar-refractivity contribution in [3.05, 3.63) is 0 Å². The van der Waals surface area contributed by atoms with E-state index in [0.717, 1.165) is 20.4 Å². The van der Waals surface area contributed by atoms with Gasteiger partial charge < -0.3 is 0 Å². The van der Waals surface area contributed by atoms with Crippen LogP contribution in [0.4, 0.5) is 0 Å². The SMILES string of the molecule is [CaH2].[La].[O]=[Ti].[SrH2]. The molecule has 0 aromatic heterocycles. The molecule has 0 heterocycles. The number of rotatable bonds is 0. The summed E-state index contributed by atoms with van der Waals surface area (Å²) < 4.78 is 8.25. The molecule has 0 aliphatic carbocycles. The van der Waals surface area contributed by atoms with Crippen LogP contribution in [0.1, 0.15) is 0 Å². The van der Waals surface area contributed by atoms with E-state index in [9.17, 15) is 0 Å². The molecule has 0 N–H and O–H groups in total. The summed E-state index contributed by atoms with van der Waals surface area (Å²) in [5.41, 5.74) is 0. The van der Waals surface area contributed by atoms with E-state index in [1.165, 1.54) is 0 Å². The van der Waals surface area contributed by atoms with Gasteiger partial charge in [-0.2, -0.15) is 0 Å². The molecule has 0 atom stereocenters. The second-order valence-corrected chi connectivity index (χ2v) is 0. The predicted octanol–water partition coefficient (Wildman–Crippen LogP) is -1.95. The van der Waals surface area contributed by atoms with Crippen molar-refractivity contribution in [3.63, 3.8) is 0 Å². The summed E-state index contributed by atoms with van der Waals surface area (Å²) in [7, 11) is 0. The van der Waals surface area contributed by atoms with Gasteiger partial charge in [-0.25, -0.2) is 0 Å². The van der Waals surface area contributed by atoms with Crippen molar-refractivity contribution < 1.29 is 59.3 Å². The van der Waals surface area contributed by atoms with Crippen molar-refractivity contribution in [2.75, 3.05) is 0 Å². The molecule has 0 saturated carbocycles. The Morgan fingerprint density at radius 1 is 1.20 bits per heavy atom. The van der Waals surface area contributed by atoms with E-state index in [1.54, 1.807) is 0 Å². The minimum absolute atomic E-state index is 0. The van der Waals surface area contributed by atoms with Gasteiger partial charge in [0, 0.05) is 35.6 Å². The summed E-state index contributed by atoms with van der Waals surface area (Å²) >= 11 is 0.750. The monoisotopic (exact) mass is 335 g/mol. The van der Waals surface area contributed by atoms with Gasteiger partial charge in [0.15, 0.2) is 0 Å². The molecule has 0 rings (SSSR count). The average molecular weight is 335 g/mol. The Bertz CT molecular complexity index is 11.6. The number of hydrogen-bond donors (Lipinski definition) is 0. The maximum atomic E-state index is 8.25. The first-order chi connectivity index (χ1) is 1.00. The Morgan fingerprint density at radius 2 is 1.20 bits per heavy atom. The zero-order valence-electron chi connectivity index (χ0n) is 1.49.